The van der Waals surface area contributed by atoms with E-state index in [9.17, 15) is 4.79 Å². The number of carbonyl (C=O) groups excluding carboxylic acids is 1. The lowest BCUT2D eigenvalue weighted by Gasteiger charge is -2.38. The van der Waals surface area contributed by atoms with Crippen LogP contribution in [0.1, 0.15) is 35.5 Å². The Morgan fingerprint density at radius 3 is 2.70 bits per heavy atom. The minimum Gasteiger partial charge on any atom is -0.338 e. The molecule has 0 N–H and O–H groups in total. The van der Waals surface area contributed by atoms with Gasteiger partial charge in [-0.15, -0.1) is 11.3 Å². The molecule has 0 radical (unpaired) electrons. The first kappa shape index (κ1) is 18.4. The van der Waals surface area contributed by atoms with Crippen LogP contribution in [-0.2, 0) is 11.3 Å². The SMILES string of the molecule is Cc1nc(CN2CCC3(CC2)CC(=O)N(C/C=C/c2ccccc2)C3)cs1. The van der Waals surface area contributed by atoms with Gasteiger partial charge in [0, 0.05) is 31.4 Å². The third-order valence-electron chi connectivity index (χ3n) is 5.81. The number of nitrogens with zero attached hydrogens (tertiary/aromatic N) is 3. The van der Waals surface area contributed by atoms with Gasteiger partial charge in [0.15, 0.2) is 0 Å². The van der Waals surface area contributed by atoms with Crippen molar-refractivity contribution < 1.29 is 4.79 Å². The number of likely N-dealkylation sites (tertiary alicyclic amines) is 2. The molecule has 2 saturated heterocycles. The van der Waals surface area contributed by atoms with Gasteiger partial charge in [-0.25, -0.2) is 4.98 Å². The molecule has 0 atom stereocenters. The number of aryl methyl sites for hydroxylation is 1. The van der Waals surface area contributed by atoms with Crippen molar-refractivity contribution in [3.63, 3.8) is 0 Å². The maximum atomic E-state index is 12.5. The van der Waals surface area contributed by atoms with Gasteiger partial charge in [0.1, 0.15) is 0 Å². The maximum absolute atomic E-state index is 12.5. The van der Waals surface area contributed by atoms with Gasteiger partial charge in [-0.2, -0.15) is 0 Å². The predicted molar refractivity (Wildman–Crippen MR) is 110 cm³/mol. The van der Waals surface area contributed by atoms with Crippen molar-refractivity contribution in [3.05, 3.63) is 58.1 Å². The van der Waals surface area contributed by atoms with Crippen LogP contribution < -0.4 is 0 Å². The second kappa shape index (κ2) is 7.95. The first-order valence-corrected chi connectivity index (χ1v) is 10.6. The molecule has 4 nitrogen and oxygen atoms in total. The van der Waals surface area contributed by atoms with Gasteiger partial charge in [-0.05, 0) is 43.8 Å². The molecule has 4 rings (SSSR count). The van der Waals surface area contributed by atoms with Gasteiger partial charge >= 0.3 is 0 Å². The van der Waals surface area contributed by atoms with Gasteiger partial charge < -0.3 is 4.90 Å². The van der Waals surface area contributed by atoms with E-state index in [1.807, 2.05) is 23.1 Å². The van der Waals surface area contributed by atoms with Crippen LogP contribution in [0.25, 0.3) is 6.08 Å². The number of rotatable bonds is 5. The van der Waals surface area contributed by atoms with Crippen LogP contribution in [0.4, 0.5) is 0 Å². The molecule has 1 spiro atoms. The average molecular weight is 382 g/mol. The lowest BCUT2D eigenvalue weighted by atomic mass is 9.77. The van der Waals surface area contributed by atoms with Crippen molar-refractivity contribution in [2.75, 3.05) is 26.2 Å². The fourth-order valence-electron chi connectivity index (χ4n) is 4.26. The molecule has 0 aliphatic carbocycles. The zero-order chi connectivity index (χ0) is 18.7. The molecule has 142 valence electrons. The molecule has 2 aromatic rings. The molecule has 5 heteroatoms. The number of benzene rings is 1. The lowest BCUT2D eigenvalue weighted by Crippen LogP contribution is -2.41. The summed E-state index contributed by atoms with van der Waals surface area (Å²) in [7, 11) is 0. The second-order valence-corrected chi connectivity index (χ2v) is 8.96. The van der Waals surface area contributed by atoms with Crippen LogP contribution in [0, 0.1) is 12.3 Å². The summed E-state index contributed by atoms with van der Waals surface area (Å²) in [5, 5.41) is 3.30. The van der Waals surface area contributed by atoms with Crippen molar-refractivity contribution in [2.24, 2.45) is 5.41 Å². The van der Waals surface area contributed by atoms with E-state index >= 15 is 0 Å². The van der Waals surface area contributed by atoms with E-state index in [0.29, 0.717) is 5.91 Å². The molecular weight excluding hydrogens is 354 g/mol. The first-order chi connectivity index (χ1) is 13.1. The zero-order valence-corrected chi connectivity index (χ0v) is 16.8. The van der Waals surface area contributed by atoms with Crippen LogP contribution >= 0.6 is 11.3 Å². The monoisotopic (exact) mass is 381 g/mol. The number of piperidine rings is 1. The summed E-state index contributed by atoms with van der Waals surface area (Å²) >= 11 is 1.72. The Bertz CT molecular complexity index is 806. The summed E-state index contributed by atoms with van der Waals surface area (Å²) in [4.78, 5) is 21.6. The van der Waals surface area contributed by atoms with Crippen molar-refractivity contribution in [1.82, 2.24) is 14.8 Å². The van der Waals surface area contributed by atoms with Crippen LogP contribution in [-0.4, -0.2) is 46.9 Å². The van der Waals surface area contributed by atoms with Gasteiger partial charge in [-0.1, -0.05) is 42.5 Å². The smallest absolute Gasteiger partial charge is 0.223 e. The van der Waals surface area contributed by atoms with E-state index in [0.717, 1.165) is 57.0 Å². The van der Waals surface area contributed by atoms with E-state index in [1.54, 1.807) is 11.3 Å². The lowest BCUT2D eigenvalue weighted by molar-refractivity contribution is -0.127. The van der Waals surface area contributed by atoms with Crippen LogP contribution in [0.2, 0.25) is 0 Å². The van der Waals surface area contributed by atoms with E-state index in [2.05, 4.69) is 46.5 Å². The summed E-state index contributed by atoms with van der Waals surface area (Å²) in [5.41, 5.74) is 2.56. The molecule has 0 bridgehead atoms. The molecule has 2 aliphatic heterocycles. The summed E-state index contributed by atoms with van der Waals surface area (Å²) < 4.78 is 0. The standard InChI is InChI=1S/C22H27N3OS/c1-18-23-20(16-27-18)15-24-12-9-22(10-13-24)14-21(26)25(17-22)11-5-8-19-6-3-2-4-7-19/h2-8,16H,9-15,17H2,1H3/b8-5+. The third kappa shape index (κ3) is 4.47. The first-order valence-electron chi connectivity index (χ1n) is 9.75. The van der Waals surface area contributed by atoms with Crippen molar-refractivity contribution in [3.8, 4) is 0 Å². The highest BCUT2D eigenvalue weighted by Crippen LogP contribution is 2.41. The van der Waals surface area contributed by atoms with Crippen molar-refractivity contribution >= 4 is 23.3 Å². The van der Waals surface area contributed by atoms with Crippen LogP contribution in [0.15, 0.2) is 41.8 Å². The molecule has 1 aromatic carbocycles. The van der Waals surface area contributed by atoms with Crippen molar-refractivity contribution in [2.45, 2.75) is 32.7 Å². The average Bonchev–Trinajstić information content (AvgIpc) is 3.21. The van der Waals surface area contributed by atoms with Crippen LogP contribution in [0.5, 0.6) is 0 Å². The number of amides is 1. The molecule has 1 aromatic heterocycles. The molecule has 1 amide bonds. The molecule has 3 heterocycles. The fourth-order valence-corrected chi connectivity index (χ4v) is 4.86. The molecule has 2 aliphatic rings. The predicted octanol–water partition coefficient (Wildman–Crippen LogP) is 3.98. The minimum atomic E-state index is 0.187. The Morgan fingerprint density at radius 2 is 2.00 bits per heavy atom. The minimum absolute atomic E-state index is 0.187. The van der Waals surface area contributed by atoms with E-state index in [-0.39, 0.29) is 5.41 Å². The maximum Gasteiger partial charge on any atom is 0.223 e. The zero-order valence-electron chi connectivity index (χ0n) is 15.9. The summed E-state index contributed by atoms with van der Waals surface area (Å²) in [6.07, 6.45) is 7.17. The van der Waals surface area contributed by atoms with E-state index in [1.165, 1.54) is 11.3 Å². The largest absolute Gasteiger partial charge is 0.338 e. The highest BCUT2D eigenvalue weighted by molar-refractivity contribution is 7.09. The third-order valence-corrected chi connectivity index (χ3v) is 6.63. The van der Waals surface area contributed by atoms with Gasteiger partial charge in [-0.3, -0.25) is 9.69 Å². The number of hydrogen-bond donors (Lipinski definition) is 0. The van der Waals surface area contributed by atoms with E-state index in [4.69, 9.17) is 0 Å². The molecule has 27 heavy (non-hydrogen) atoms. The Morgan fingerprint density at radius 1 is 1.22 bits per heavy atom. The Hall–Kier alpha value is -1.98. The normalized spacial score (nSPS) is 20.2. The van der Waals surface area contributed by atoms with Crippen LogP contribution in [0.3, 0.4) is 0 Å². The molecule has 0 saturated carbocycles. The summed E-state index contributed by atoms with van der Waals surface area (Å²) in [6, 6.07) is 10.3. The number of hydrogen-bond acceptors (Lipinski definition) is 4. The van der Waals surface area contributed by atoms with Gasteiger partial charge in [0.25, 0.3) is 0 Å². The second-order valence-electron chi connectivity index (χ2n) is 7.90. The molecule has 0 unspecified atom stereocenters. The van der Waals surface area contributed by atoms with Crippen molar-refractivity contribution in [1.29, 1.82) is 0 Å². The fraction of sp³-hybridized carbons (Fsp3) is 0.455. The number of aromatic nitrogens is 1. The Labute approximate surface area is 165 Å². The van der Waals surface area contributed by atoms with Gasteiger partial charge in [0.05, 0.1) is 10.7 Å². The topological polar surface area (TPSA) is 36.4 Å². The summed E-state index contributed by atoms with van der Waals surface area (Å²) in [5.74, 6) is 0.316. The quantitative estimate of drug-likeness (QED) is 0.786. The Kier molecular flexibility index (Phi) is 5.41. The summed E-state index contributed by atoms with van der Waals surface area (Å²) in [6.45, 7) is 6.77. The highest BCUT2D eigenvalue weighted by atomic mass is 32.1. The van der Waals surface area contributed by atoms with Gasteiger partial charge in [0.2, 0.25) is 5.91 Å². The molecular formula is C22H27N3OS. The molecule has 2 fully saturated rings. The highest BCUT2D eigenvalue weighted by Gasteiger charge is 2.44. The number of carbonyl (C=O) groups is 1. The number of thiazole rings is 1. The Balaban J connectivity index is 1.29. The van der Waals surface area contributed by atoms with E-state index < -0.39 is 0 Å².